The van der Waals surface area contributed by atoms with Crippen LogP contribution in [0.3, 0.4) is 0 Å². The van der Waals surface area contributed by atoms with Gasteiger partial charge in [0.2, 0.25) is 0 Å². The van der Waals surface area contributed by atoms with Crippen LogP contribution in [0.2, 0.25) is 5.02 Å². The van der Waals surface area contributed by atoms with Gasteiger partial charge in [0.05, 0.1) is 13.2 Å². The van der Waals surface area contributed by atoms with Crippen molar-refractivity contribution in [3.8, 4) is 0 Å². The van der Waals surface area contributed by atoms with Crippen LogP contribution in [0.15, 0.2) is 24.3 Å². The molecule has 0 saturated heterocycles. The molecule has 0 heterocycles. The lowest BCUT2D eigenvalue weighted by atomic mass is 10.1. The number of ketones is 1. The molecule has 0 aromatic heterocycles. The quantitative estimate of drug-likeness (QED) is 0.625. The first-order valence-electron chi connectivity index (χ1n) is 4.78. The molecule has 0 fully saturated rings. The first-order valence-corrected chi connectivity index (χ1v) is 5.15. The van der Waals surface area contributed by atoms with Crippen LogP contribution in [0.4, 0.5) is 0 Å². The van der Waals surface area contributed by atoms with E-state index in [4.69, 9.17) is 22.1 Å². The second kappa shape index (κ2) is 6.25. The van der Waals surface area contributed by atoms with Crippen LogP contribution >= 0.6 is 11.6 Å². The van der Waals surface area contributed by atoms with Gasteiger partial charge in [-0.05, 0) is 24.3 Å². The third-order valence-corrected chi connectivity index (χ3v) is 2.18. The van der Waals surface area contributed by atoms with Gasteiger partial charge in [-0.3, -0.25) is 9.59 Å². The zero-order valence-electron chi connectivity index (χ0n) is 8.61. The predicted molar refractivity (Wildman–Crippen MR) is 60.4 cm³/mol. The molecule has 0 atom stereocenters. The molecule has 2 N–H and O–H groups in total. The molecule has 0 amide bonds. The first-order chi connectivity index (χ1) is 7.63. The minimum absolute atomic E-state index is 0.0531. The highest BCUT2D eigenvalue weighted by Crippen LogP contribution is 2.11. The standard InChI is InChI=1S/C11H12ClNO3/c12-9-3-1-8(2-4-9)10(14)5-6-16-11(15)7-13/h1-4H,5-7,13H2. The van der Waals surface area contributed by atoms with Crippen molar-refractivity contribution in [2.45, 2.75) is 6.42 Å². The van der Waals surface area contributed by atoms with Crippen molar-refractivity contribution in [2.24, 2.45) is 5.73 Å². The Balaban J connectivity index is 2.41. The van der Waals surface area contributed by atoms with Crippen LogP contribution in [0.25, 0.3) is 0 Å². The molecule has 1 aromatic rings. The number of hydrogen-bond acceptors (Lipinski definition) is 4. The summed E-state index contributed by atoms with van der Waals surface area (Å²) in [6, 6.07) is 6.55. The maximum absolute atomic E-state index is 11.6. The Morgan fingerprint density at radius 3 is 2.44 bits per heavy atom. The third kappa shape index (κ3) is 4.00. The number of rotatable bonds is 5. The summed E-state index contributed by atoms with van der Waals surface area (Å²) in [5.74, 6) is -0.606. The van der Waals surface area contributed by atoms with E-state index in [1.165, 1.54) is 0 Å². The Morgan fingerprint density at radius 2 is 1.88 bits per heavy atom. The fraction of sp³-hybridized carbons (Fsp3) is 0.273. The van der Waals surface area contributed by atoms with Gasteiger partial charge in [0.25, 0.3) is 0 Å². The molecule has 5 heteroatoms. The summed E-state index contributed by atoms with van der Waals surface area (Å²) >= 11 is 5.69. The van der Waals surface area contributed by atoms with E-state index < -0.39 is 5.97 Å². The Bertz CT molecular complexity index is 375. The highest BCUT2D eigenvalue weighted by molar-refractivity contribution is 6.30. The largest absolute Gasteiger partial charge is 0.464 e. The van der Waals surface area contributed by atoms with E-state index in [9.17, 15) is 9.59 Å². The maximum atomic E-state index is 11.6. The third-order valence-electron chi connectivity index (χ3n) is 1.93. The number of ether oxygens (including phenoxy) is 1. The second-order valence-corrected chi connectivity index (χ2v) is 3.54. The van der Waals surface area contributed by atoms with Crippen LogP contribution < -0.4 is 5.73 Å². The average Bonchev–Trinajstić information content (AvgIpc) is 2.29. The van der Waals surface area contributed by atoms with E-state index in [-0.39, 0.29) is 25.4 Å². The lowest BCUT2D eigenvalue weighted by Gasteiger charge is -2.03. The number of esters is 1. The summed E-state index contributed by atoms with van der Waals surface area (Å²) in [6.07, 6.45) is 0.146. The zero-order chi connectivity index (χ0) is 12.0. The molecule has 1 aromatic carbocycles. The monoisotopic (exact) mass is 241 g/mol. The topological polar surface area (TPSA) is 69.4 Å². The van der Waals surface area contributed by atoms with Crippen molar-refractivity contribution in [3.05, 3.63) is 34.9 Å². The number of carbonyl (C=O) groups excluding carboxylic acids is 2. The minimum Gasteiger partial charge on any atom is -0.464 e. The van der Waals surface area contributed by atoms with Gasteiger partial charge >= 0.3 is 5.97 Å². The van der Waals surface area contributed by atoms with E-state index in [1.54, 1.807) is 24.3 Å². The fourth-order valence-electron chi connectivity index (χ4n) is 1.10. The molecular weight excluding hydrogens is 230 g/mol. The van der Waals surface area contributed by atoms with E-state index in [0.29, 0.717) is 10.6 Å². The Hall–Kier alpha value is -1.39. The molecular formula is C11H12ClNO3. The molecule has 0 aliphatic rings. The average molecular weight is 242 g/mol. The molecule has 0 radical (unpaired) electrons. The number of hydrogen-bond donors (Lipinski definition) is 1. The van der Waals surface area contributed by atoms with E-state index in [2.05, 4.69) is 0 Å². The van der Waals surface area contributed by atoms with E-state index in [0.717, 1.165) is 0 Å². The summed E-state index contributed by atoms with van der Waals surface area (Å²) in [7, 11) is 0. The number of benzene rings is 1. The van der Waals surface area contributed by atoms with Crippen LogP contribution in [-0.4, -0.2) is 24.9 Å². The second-order valence-electron chi connectivity index (χ2n) is 3.10. The Kier molecular flexibility index (Phi) is 4.95. The number of nitrogens with two attached hydrogens (primary N) is 1. The number of carbonyl (C=O) groups is 2. The molecule has 0 spiro atoms. The molecule has 0 unspecified atom stereocenters. The van der Waals surface area contributed by atoms with Gasteiger partial charge in [-0.25, -0.2) is 0 Å². The lowest BCUT2D eigenvalue weighted by Crippen LogP contribution is -2.18. The van der Waals surface area contributed by atoms with Crippen molar-refractivity contribution < 1.29 is 14.3 Å². The molecule has 16 heavy (non-hydrogen) atoms. The Morgan fingerprint density at radius 1 is 1.25 bits per heavy atom. The van der Waals surface area contributed by atoms with Gasteiger partial charge in [0.15, 0.2) is 5.78 Å². The molecule has 86 valence electrons. The first kappa shape index (κ1) is 12.7. The maximum Gasteiger partial charge on any atom is 0.319 e. The van der Waals surface area contributed by atoms with E-state index >= 15 is 0 Å². The zero-order valence-corrected chi connectivity index (χ0v) is 9.37. The molecule has 0 bridgehead atoms. The van der Waals surface area contributed by atoms with Gasteiger partial charge in [-0.15, -0.1) is 0 Å². The summed E-state index contributed by atoms with van der Waals surface area (Å²) in [4.78, 5) is 22.3. The van der Waals surface area contributed by atoms with Gasteiger partial charge in [0.1, 0.15) is 0 Å². The Labute approximate surface area is 98.3 Å². The van der Waals surface area contributed by atoms with Crippen LogP contribution in [0.5, 0.6) is 0 Å². The van der Waals surface area contributed by atoms with Gasteiger partial charge in [0, 0.05) is 17.0 Å². The smallest absolute Gasteiger partial charge is 0.319 e. The molecule has 0 aliphatic carbocycles. The number of Topliss-reactive ketones (excluding diaryl/α,β-unsaturated/α-hetero) is 1. The summed E-state index contributed by atoms with van der Waals surface area (Å²) in [5, 5.41) is 0.575. The highest BCUT2D eigenvalue weighted by atomic mass is 35.5. The lowest BCUT2D eigenvalue weighted by molar-refractivity contribution is -0.141. The van der Waals surface area contributed by atoms with Crippen molar-refractivity contribution in [3.63, 3.8) is 0 Å². The van der Waals surface area contributed by atoms with Gasteiger partial charge in [-0.1, -0.05) is 11.6 Å². The molecule has 0 aliphatic heterocycles. The van der Waals surface area contributed by atoms with Crippen molar-refractivity contribution in [2.75, 3.05) is 13.2 Å². The van der Waals surface area contributed by atoms with E-state index in [1.807, 2.05) is 0 Å². The normalized spacial score (nSPS) is 9.88. The van der Waals surface area contributed by atoms with Crippen LogP contribution in [-0.2, 0) is 9.53 Å². The summed E-state index contributed by atoms with van der Waals surface area (Å²) in [5.41, 5.74) is 5.59. The van der Waals surface area contributed by atoms with Gasteiger partial charge < -0.3 is 10.5 Å². The van der Waals surface area contributed by atoms with Gasteiger partial charge in [-0.2, -0.15) is 0 Å². The van der Waals surface area contributed by atoms with Crippen molar-refractivity contribution in [1.82, 2.24) is 0 Å². The summed E-state index contributed by atoms with van der Waals surface area (Å²) < 4.78 is 4.70. The van der Waals surface area contributed by atoms with Crippen LogP contribution in [0, 0.1) is 0 Å². The minimum atomic E-state index is -0.510. The SMILES string of the molecule is NCC(=O)OCCC(=O)c1ccc(Cl)cc1. The molecule has 1 rings (SSSR count). The highest BCUT2D eigenvalue weighted by Gasteiger charge is 2.07. The molecule has 0 saturated carbocycles. The van der Waals surface area contributed by atoms with Crippen LogP contribution in [0.1, 0.15) is 16.8 Å². The van der Waals surface area contributed by atoms with Crippen molar-refractivity contribution in [1.29, 1.82) is 0 Å². The predicted octanol–water partition coefficient (Wildman–Crippen LogP) is 1.41. The molecule has 4 nitrogen and oxygen atoms in total. The summed E-state index contributed by atoms with van der Waals surface area (Å²) in [6.45, 7) is -0.118. The van der Waals surface area contributed by atoms with Crippen molar-refractivity contribution >= 4 is 23.4 Å². The number of halogens is 1. The fourth-order valence-corrected chi connectivity index (χ4v) is 1.22.